The zero-order valence-electron chi connectivity index (χ0n) is 15.3. The number of hydrogen-bond acceptors (Lipinski definition) is 2. The van der Waals surface area contributed by atoms with Crippen LogP contribution < -0.4 is 10.6 Å². The third-order valence-corrected chi connectivity index (χ3v) is 5.15. The summed E-state index contributed by atoms with van der Waals surface area (Å²) in [5, 5.41) is 6.22. The van der Waals surface area contributed by atoms with E-state index < -0.39 is 11.7 Å². The fourth-order valence-electron chi connectivity index (χ4n) is 3.48. The summed E-state index contributed by atoms with van der Waals surface area (Å²) >= 11 is 0. The van der Waals surface area contributed by atoms with E-state index in [1.54, 1.807) is 0 Å². The minimum atomic E-state index is -4.35. The Morgan fingerprint density at radius 3 is 2.30 bits per heavy atom. The van der Waals surface area contributed by atoms with Crippen LogP contribution in [0.1, 0.15) is 41.1 Å². The first-order chi connectivity index (χ1) is 12.8. The molecule has 2 aromatic rings. The summed E-state index contributed by atoms with van der Waals surface area (Å²) < 4.78 is 38.3. The van der Waals surface area contributed by atoms with Crippen LogP contribution in [0.25, 0.3) is 0 Å². The summed E-state index contributed by atoms with van der Waals surface area (Å²) in [6, 6.07) is 13.0. The Labute approximate surface area is 157 Å². The number of amides is 1. The third-order valence-electron chi connectivity index (χ3n) is 5.15. The van der Waals surface area contributed by atoms with Crippen LogP contribution in [0.3, 0.4) is 0 Å². The van der Waals surface area contributed by atoms with Gasteiger partial charge in [0.25, 0.3) is 0 Å². The van der Waals surface area contributed by atoms with E-state index >= 15 is 0 Å². The lowest BCUT2D eigenvalue weighted by Crippen LogP contribution is -2.36. The zero-order valence-corrected chi connectivity index (χ0v) is 15.3. The van der Waals surface area contributed by atoms with E-state index in [-0.39, 0.29) is 23.8 Å². The van der Waals surface area contributed by atoms with Crippen molar-refractivity contribution in [3.05, 3.63) is 70.8 Å². The molecule has 1 amide bonds. The van der Waals surface area contributed by atoms with Crippen LogP contribution in [0.5, 0.6) is 0 Å². The van der Waals surface area contributed by atoms with E-state index in [2.05, 4.69) is 10.6 Å². The molecule has 6 heteroatoms. The van der Waals surface area contributed by atoms with Gasteiger partial charge in [-0.25, -0.2) is 0 Å². The Kier molecular flexibility index (Phi) is 5.56. The van der Waals surface area contributed by atoms with Crippen LogP contribution in [-0.2, 0) is 11.0 Å². The van der Waals surface area contributed by atoms with Gasteiger partial charge in [-0.15, -0.1) is 0 Å². The summed E-state index contributed by atoms with van der Waals surface area (Å²) in [7, 11) is 0. The van der Waals surface area contributed by atoms with E-state index in [1.165, 1.54) is 12.1 Å². The Hall–Kier alpha value is -2.34. The van der Waals surface area contributed by atoms with Crippen LogP contribution in [0.2, 0.25) is 0 Å². The van der Waals surface area contributed by atoms with E-state index in [9.17, 15) is 18.0 Å². The van der Waals surface area contributed by atoms with Gasteiger partial charge in [-0.2, -0.15) is 13.2 Å². The van der Waals surface area contributed by atoms with E-state index in [0.29, 0.717) is 13.1 Å². The van der Waals surface area contributed by atoms with Gasteiger partial charge < -0.3 is 10.6 Å². The van der Waals surface area contributed by atoms with Crippen molar-refractivity contribution in [2.45, 2.75) is 32.0 Å². The number of carbonyl (C=O) groups excluding carboxylic acids is 1. The van der Waals surface area contributed by atoms with Crippen molar-refractivity contribution < 1.29 is 18.0 Å². The molecule has 2 aromatic carbocycles. The standard InChI is InChI=1S/C21H23F3N2O/c1-13-3-5-15(6-4-13)14(2)26-20(27)19-12-25-11-18(19)16-7-9-17(10-8-16)21(22,23)24/h3-10,14,18-19,25H,11-12H2,1-2H3,(H,26,27). The Morgan fingerprint density at radius 1 is 1.07 bits per heavy atom. The number of benzene rings is 2. The van der Waals surface area contributed by atoms with Gasteiger partial charge in [-0.05, 0) is 37.1 Å². The molecular weight excluding hydrogens is 353 g/mol. The summed E-state index contributed by atoms with van der Waals surface area (Å²) in [6.45, 7) is 5.02. The molecule has 27 heavy (non-hydrogen) atoms. The fraction of sp³-hybridized carbons (Fsp3) is 0.381. The highest BCUT2D eigenvalue weighted by molar-refractivity contribution is 5.81. The van der Waals surface area contributed by atoms with E-state index in [4.69, 9.17) is 0 Å². The molecule has 3 unspecified atom stereocenters. The summed E-state index contributed by atoms with van der Waals surface area (Å²) in [5.41, 5.74) is 2.24. The number of carbonyl (C=O) groups is 1. The maximum Gasteiger partial charge on any atom is 0.416 e. The summed E-state index contributed by atoms with van der Waals surface area (Å²) in [4.78, 5) is 12.8. The van der Waals surface area contributed by atoms with Crippen molar-refractivity contribution in [2.75, 3.05) is 13.1 Å². The molecule has 0 aliphatic carbocycles. The molecule has 0 bridgehead atoms. The lowest BCUT2D eigenvalue weighted by Gasteiger charge is -2.22. The Morgan fingerprint density at radius 2 is 1.70 bits per heavy atom. The highest BCUT2D eigenvalue weighted by Crippen LogP contribution is 2.33. The van der Waals surface area contributed by atoms with Gasteiger partial charge in [0.05, 0.1) is 17.5 Å². The third kappa shape index (κ3) is 4.50. The SMILES string of the molecule is Cc1ccc(C(C)NC(=O)C2CNCC2c2ccc(C(F)(F)F)cc2)cc1. The molecule has 2 N–H and O–H groups in total. The topological polar surface area (TPSA) is 41.1 Å². The molecule has 0 spiro atoms. The second-order valence-electron chi connectivity index (χ2n) is 7.13. The van der Waals surface area contributed by atoms with Crippen molar-refractivity contribution in [2.24, 2.45) is 5.92 Å². The maximum absolute atomic E-state index is 12.8. The number of aryl methyl sites for hydroxylation is 1. The normalized spacial score (nSPS) is 21.1. The second-order valence-corrected chi connectivity index (χ2v) is 7.13. The van der Waals surface area contributed by atoms with E-state index in [0.717, 1.165) is 28.8 Å². The Bertz CT molecular complexity index is 785. The number of hydrogen-bond donors (Lipinski definition) is 2. The smallest absolute Gasteiger partial charge is 0.349 e. The number of halogens is 3. The zero-order chi connectivity index (χ0) is 19.6. The van der Waals surface area contributed by atoms with Gasteiger partial charge in [0, 0.05) is 19.0 Å². The van der Waals surface area contributed by atoms with Crippen LogP contribution in [0.4, 0.5) is 13.2 Å². The highest BCUT2D eigenvalue weighted by Gasteiger charge is 2.35. The molecule has 3 nitrogen and oxygen atoms in total. The summed E-state index contributed by atoms with van der Waals surface area (Å²) in [6.07, 6.45) is -4.35. The van der Waals surface area contributed by atoms with Gasteiger partial charge in [0.15, 0.2) is 0 Å². The van der Waals surface area contributed by atoms with Gasteiger partial charge in [-0.3, -0.25) is 4.79 Å². The molecule has 0 saturated carbocycles. The van der Waals surface area contributed by atoms with Crippen LogP contribution in [0.15, 0.2) is 48.5 Å². The van der Waals surface area contributed by atoms with Crippen molar-refractivity contribution >= 4 is 5.91 Å². The lowest BCUT2D eigenvalue weighted by atomic mass is 9.87. The molecule has 1 fully saturated rings. The quantitative estimate of drug-likeness (QED) is 0.840. The first-order valence-electron chi connectivity index (χ1n) is 9.00. The summed E-state index contributed by atoms with van der Waals surface area (Å²) in [5.74, 6) is -0.537. The van der Waals surface area contributed by atoms with E-state index in [1.807, 2.05) is 38.1 Å². The number of nitrogens with one attached hydrogen (secondary N) is 2. The first-order valence-corrected chi connectivity index (χ1v) is 9.00. The molecule has 0 aromatic heterocycles. The Balaban J connectivity index is 1.70. The van der Waals surface area contributed by atoms with Crippen LogP contribution in [0, 0.1) is 12.8 Å². The van der Waals surface area contributed by atoms with Gasteiger partial charge in [0.1, 0.15) is 0 Å². The number of alkyl halides is 3. The minimum absolute atomic E-state index is 0.0852. The van der Waals surface area contributed by atoms with Crippen molar-refractivity contribution in [1.29, 1.82) is 0 Å². The molecule has 1 aliphatic heterocycles. The predicted molar refractivity (Wildman–Crippen MR) is 98.3 cm³/mol. The maximum atomic E-state index is 12.8. The molecule has 144 valence electrons. The predicted octanol–water partition coefficient (Wildman–Crippen LogP) is 4.19. The van der Waals surface area contributed by atoms with Crippen molar-refractivity contribution in [3.8, 4) is 0 Å². The number of rotatable bonds is 4. The second kappa shape index (κ2) is 7.72. The molecule has 3 rings (SSSR count). The molecule has 1 heterocycles. The first kappa shape index (κ1) is 19.4. The molecule has 3 atom stereocenters. The minimum Gasteiger partial charge on any atom is -0.349 e. The average Bonchev–Trinajstić information content (AvgIpc) is 3.11. The molecule has 1 saturated heterocycles. The molecule has 0 radical (unpaired) electrons. The van der Waals surface area contributed by atoms with Gasteiger partial charge in [-0.1, -0.05) is 42.0 Å². The molecule has 1 aliphatic rings. The highest BCUT2D eigenvalue weighted by atomic mass is 19.4. The van der Waals surface area contributed by atoms with Gasteiger partial charge in [0.2, 0.25) is 5.91 Å². The van der Waals surface area contributed by atoms with Crippen molar-refractivity contribution in [3.63, 3.8) is 0 Å². The van der Waals surface area contributed by atoms with Crippen molar-refractivity contribution in [1.82, 2.24) is 10.6 Å². The lowest BCUT2D eigenvalue weighted by molar-refractivity contribution is -0.137. The van der Waals surface area contributed by atoms with Crippen LogP contribution >= 0.6 is 0 Å². The fourth-order valence-corrected chi connectivity index (χ4v) is 3.48. The monoisotopic (exact) mass is 376 g/mol. The largest absolute Gasteiger partial charge is 0.416 e. The average molecular weight is 376 g/mol. The van der Waals surface area contributed by atoms with Gasteiger partial charge >= 0.3 is 6.18 Å². The molecular formula is C21H23F3N2O. The van der Waals surface area contributed by atoms with Crippen LogP contribution in [-0.4, -0.2) is 19.0 Å².